The zero-order valence-corrected chi connectivity index (χ0v) is 12.9. The van der Waals surface area contributed by atoms with E-state index in [0.29, 0.717) is 19.5 Å². The lowest BCUT2D eigenvalue weighted by Crippen LogP contribution is -2.29. The zero-order valence-electron chi connectivity index (χ0n) is 12.9. The molecule has 5 nitrogen and oxygen atoms in total. The molecule has 24 heavy (non-hydrogen) atoms. The molecule has 1 saturated heterocycles. The molecule has 1 unspecified atom stereocenters. The van der Waals surface area contributed by atoms with Crippen molar-refractivity contribution >= 4 is 5.91 Å². The lowest BCUT2D eigenvalue weighted by atomic mass is 10.1. The molecule has 1 atom stereocenters. The number of benzene rings is 1. The normalized spacial score (nSPS) is 18.1. The molecule has 0 saturated carbocycles. The summed E-state index contributed by atoms with van der Waals surface area (Å²) >= 11 is 0. The van der Waals surface area contributed by atoms with E-state index in [1.807, 2.05) is 0 Å². The number of alkyl halides is 3. The van der Waals surface area contributed by atoms with Crippen LogP contribution < -0.4 is 0 Å². The molecule has 0 radical (unpaired) electrons. The summed E-state index contributed by atoms with van der Waals surface area (Å²) in [7, 11) is 0. The Kier molecular flexibility index (Phi) is 4.55. The van der Waals surface area contributed by atoms with Crippen LogP contribution in [0.1, 0.15) is 30.0 Å². The first-order chi connectivity index (χ1) is 11.4. The van der Waals surface area contributed by atoms with Gasteiger partial charge in [-0.15, -0.1) is 5.10 Å². The Balaban J connectivity index is 1.51. The molecule has 128 valence electrons. The molecule has 1 aliphatic heterocycles. The summed E-state index contributed by atoms with van der Waals surface area (Å²) in [6, 6.07) is 5.10. The minimum atomic E-state index is -4.33. The average molecular weight is 338 g/mol. The molecule has 1 fully saturated rings. The van der Waals surface area contributed by atoms with E-state index in [4.69, 9.17) is 0 Å². The molecular formula is C16H17F3N4O. The molecule has 0 bridgehead atoms. The number of rotatable bonds is 4. The molecule has 2 aromatic rings. The number of halogens is 3. The Morgan fingerprint density at radius 2 is 2.00 bits per heavy atom. The van der Waals surface area contributed by atoms with Crippen LogP contribution in [0.4, 0.5) is 13.2 Å². The second-order valence-electron chi connectivity index (χ2n) is 5.86. The summed E-state index contributed by atoms with van der Waals surface area (Å²) in [6.45, 7) is 1.26. The van der Waals surface area contributed by atoms with Crippen molar-refractivity contribution in [3.05, 3.63) is 47.8 Å². The largest absolute Gasteiger partial charge is 0.416 e. The van der Waals surface area contributed by atoms with Crippen molar-refractivity contribution in [2.75, 3.05) is 13.1 Å². The van der Waals surface area contributed by atoms with Gasteiger partial charge in [0.05, 0.1) is 17.8 Å². The van der Waals surface area contributed by atoms with Gasteiger partial charge < -0.3 is 4.90 Å². The maximum Gasteiger partial charge on any atom is 0.416 e. The van der Waals surface area contributed by atoms with Gasteiger partial charge in [0.2, 0.25) is 5.91 Å². The molecule has 1 aromatic heterocycles. The molecule has 1 amide bonds. The minimum Gasteiger partial charge on any atom is -0.340 e. The van der Waals surface area contributed by atoms with Crippen LogP contribution in [0.25, 0.3) is 0 Å². The molecule has 0 spiro atoms. The summed E-state index contributed by atoms with van der Waals surface area (Å²) < 4.78 is 39.3. The number of carbonyl (C=O) groups is 1. The Morgan fingerprint density at radius 3 is 2.62 bits per heavy atom. The second-order valence-corrected chi connectivity index (χ2v) is 5.86. The van der Waals surface area contributed by atoms with E-state index in [0.717, 1.165) is 24.1 Å². The average Bonchev–Trinajstić information content (AvgIpc) is 3.22. The third-order valence-corrected chi connectivity index (χ3v) is 4.24. The van der Waals surface area contributed by atoms with Crippen molar-refractivity contribution in [2.45, 2.75) is 31.5 Å². The van der Waals surface area contributed by atoms with Crippen molar-refractivity contribution in [2.24, 2.45) is 0 Å². The maximum absolute atomic E-state index is 12.5. The van der Waals surface area contributed by atoms with Gasteiger partial charge >= 0.3 is 6.18 Å². The van der Waals surface area contributed by atoms with Crippen LogP contribution in [0.5, 0.6) is 0 Å². The first-order valence-electron chi connectivity index (χ1n) is 7.73. The lowest BCUT2D eigenvalue weighted by Gasteiger charge is -2.16. The van der Waals surface area contributed by atoms with Gasteiger partial charge in [0.15, 0.2) is 0 Å². The molecular weight excluding hydrogens is 321 g/mol. The number of carbonyl (C=O) groups excluding carboxylic acids is 1. The number of amides is 1. The van der Waals surface area contributed by atoms with Gasteiger partial charge in [-0.3, -0.25) is 4.79 Å². The fourth-order valence-electron chi connectivity index (χ4n) is 2.87. The quantitative estimate of drug-likeness (QED) is 0.861. The SMILES string of the molecule is O=C(CCc1ccc(C(F)(F)F)cc1)N1CCC(n2ccnn2)C1. The van der Waals surface area contributed by atoms with Crippen molar-refractivity contribution in [3.8, 4) is 0 Å². The van der Waals surface area contributed by atoms with Crippen LogP contribution in [-0.4, -0.2) is 38.9 Å². The van der Waals surface area contributed by atoms with E-state index in [-0.39, 0.29) is 18.4 Å². The highest BCUT2D eigenvalue weighted by atomic mass is 19.4. The number of aromatic nitrogens is 3. The van der Waals surface area contributed by atoms with Gasteiger partial charge in [-0.25, -0.2) is 4.68 Å². The van der Waals surface area contributed by atoms with Crippen molar-refractivity contribution < 1.29 is 18.0 Å². The van der Waals surface area contributed by atoms with Crippen molar-refractivity contribution in [3.63, 3.8) is 0 Å². The first-order valence-corrected chi connectivity index (χ1v) is 7.73. The van der Waals surface area contributed by atoms with Crippen LogP contribution in [0, 0.1) is 0 Å². The minimum absolute atomic E-state index is 0.0116. The molecule has 2 heterocycles. The van der Waals surface area contributed by atoms with Gasteiger partial charge in [-0.1, -0.05) is 17.3 Å². The summed E-state index contributed by atoms with van der Waals surface area (Å²) in [5, 5.41) is 7.72. The molecule has 0 aliphatic carbocycles. The van der Waals surface area contributed by atoms with E-state index in [1.165, 1.54) is 12.1 Å². The topological polar surface area (TPSA) is 51.0 Å². The first kappa shape index (κ1) is 16.5. The van der Waals surface area contributed by atoms with E-state index in [1.54, 1.807) is 22.0 Å². The van der Waals surface area contributed by atoms with Crippen LogP contribution in [0.2, 0.25) is 0 Å². The van der Waals surface area contributed by atoms with Crippen LogP contribution in [0.15, 0.2) is 36.7 Å². The summed E-state index contributed by atoms with van der Waals surface area (Å²) in [6.07, 6.45) is 0.600. The Bertz CT molecular complexity index is 682. The zero-order chi connectivity index (χ0) is 17.2. The van der Waals surface area contributed by atoms with Gasteiger partial charge in [0.1, 0.15) is 0 Å². The summed E-state index contributed by atoms with van der Waals surface area (Å²) in [5.41, 5.74) is 0.0520. The van der Waals surface area contributed by atoms with Gasteiger partial charge in [-0.2, -0.15) is 13.2 Å². The second kappa shape index (κ2) is 6.62. The fourth-order valence-corrected chi connectivity index (χ4v) is 2.87. The van der Waals surface area contributed by atoms with Gasteiger partial charge in [0.25, 0.3) is 0 Å². The number of likely N-dealkylation sites (tertiary alicyclic amines) is 1. The number of aryl methyl sites for hydroxylation is 1. The molecule has 0 N–H and O–H groups in total. The predicted molar refractivity (Wildman–Crippen MR) is 80.0 cm³/mol. The van der Waals surface area contributed by atoms with Crippen molar-refractivity contribution in [1.82, 2.24) is 19.9 Å². The van der Waals surface area contributed by atoms with Crippen molar-refractivity contribution in [1.29, 1.82) is 0 Å². The van der Waals surface area contributed by atoms with Gasteiger partial charge in [-0.05, 0) is 30.5 Å². The number of hydrogen-bond acceptors (Lipinski definition) is 3. The third-order valence-electron chi connectivity index (χ3n) is 4.24. The van der Waals surface area contributed by atoms with E-state index in [9.17, 15) is 18.0 Å². The molecule has 1 aliphatic rings. The monoisotopic (exact) mass is 338 g/mol. The van der Waals surface area contributed by atoms with E-state index >= 15 is 0 Å². The highest BCUT2D eigenvalue weighted by Gasteiger charge is 2.30. The summed E-state index contributed by atoms with van der Waals surface area (Å²) in [5.74, 6) is 0.0116. The lowest BCUT2D eigenvalue weighted by molar-refractivity contribution is -0.137. The predicted octanol–water partition coefficient (Wildman–Crippen LogP) is 2.70. The highest BCUT2D eigenvalue weighted by Crippen LogP contribution is 2.29. The highest BCUT2D eigenvalue weighted by molar-refractivity contribution is 5.76. The Morgan fingerprint density at radius 1 is 1.25 bits per heavy atom. The molecule has 1 aromatic carbocycles. The molecule has 8 heteroatoms. The molecule has 3 rings (SSSR count). The van der Waals surface area contributed by atoms with Crippen LogP contribution in [0.3, 0.4) is 0 Å². The van der Waals surface area contributed by atoms with Crippen LogP contribution in [-0.2, 0) is 17.4 Å². The standard InChI is InChI=1S/C16H17F3N4O/c17-16(18,19)13-4-1-12(2-5-13)3-6-15(24)22-9-7-14(11-22)23-10-8-20-21-23/h1-2,4-5,8,10,14H,3,6-7,9,11H2. The van der Waals surface area contributed by atoms with Gasteiger partial charge in [0, 0.05) is 25.7 Å². The van der Waals surface area contributed by atoms with Crippen LogP contribution >= 0.6 is 0 Å². The number of nitrogens with zero attached hydrogens (tertiary/aromatic N) is 4. The third kappa shape index (κ3) is 3.74. The van der Waals surface area contributed by atoms with E-state index < -0.39 is 11.7 Å². The Hall–Kier alpha value is -2.38. The smallest absolute Gasteiger partial charge is 0.340 e. The number of hydrogen-bond donors (Lipinski definition) is 0. The fraction of sp³-hybridized carbons (Fsp3) is 0.438. The summed E-state index contributed by atoms with van der Waals surface area (Å²) in [4.78, 5) is 14.0. The maximum atomic E-state index is 12.5. The Labute approximate surface area is 137 Å². The van der Waals surface area contributed by atoms with E-state index in [2.05, 4.69) is 10.3 Å².